The molecule has 0 bridgehead atoms. The van der Waals surface area contributed by atoms with Crippen molar-refractivity contribution < 1.29 is 0 Å². The molecule has 3 rings (SSSR count). The summed E-state index contributed by atoms with van der Waals surface area (Å²) in [5.74, 6) is 0.866. The zero-order valence-electron chi connectivity index (χ0n) is 11.3. The van der Waals surface area contributed by atoms with Gasteiger partial charge in [0.2, 0.25) is 0 Å². The Morgan fingerprint density at radius 2 is 2.22 bits per heavy atom. The maximum Gasteiger partial charge on any atom is 0.0536 e. The first-order valence-electron chi connectivity index (χ1n) is 7.24. The lowest BCUT2D eigenvalue weighted by Gasteiger charge is -2.16. The van der Waals surface area contributed by atoms with Crippen LogP contribution in [0.1, 0.15) is 24.8 Å². The van der Waals surface area contributed by atoms with Gasteiger partial charge in [0.15, 0.2) is 0 Å². The van der Waals surface area contributed by atoms with E-state index in [4.69, 9.17) is 0 Å². The van der Waals surface area contributed by atoms with Crippen molar-refractivity contribution in [1.29, 1.82) is 0 Å². The first-order chi connectivity index (χ1) is 8.79. The fourth-order valence-electron chi connectivity index (χ4n) is 2.74. The molecule has 100 valence electrons. The molecular weight excluding hydrogens is 224 g/mol. The lowest BCUT2D eigenvalue weighted by Crippen LogP contribution is -2.29. The molecule has 1 unspecified atom stereocenters. The first-order valence-corrected chi connectivity index (χ1v) is 7.24. The Hall–Kier alpha value is -0.870. The summed E-state index contributed by atoms with van der Waals surface area (Å²) in [5.41, 5.74) is 1.25. The zero-order chi connectivity index (χ0) is 12.4. The SMILES string of the molecule is Cc1cnn(CCN2CCC(CNC3CC3)C2)c1. The Kier molecular flexibility index (Phi) is 3.66. The minimum Gasteiger partial charge on any atom is -0.314 e. The summed E-state index contributed by atoms with van der Waals surface area (Å²) >= 11 is 0. The van der Waals surface area contributed by atoms with E-state index in [-0.39, 0.29) is 0 Å². The van der Waals surface area contributed by atoms with Crippen LogP contribution < -0.4 is 5.32 Å². The monoisotopic (exact) mass is 248 g/mol. The van der Waals surface area contributed by atoms with E-state index in [0.29, 0.717) is 0 Å². The minimum absolute atomic E-state index is 0.853. The summed E-state index contributed by atoms with van der Waals surface area (Å²) in [4.78, 5) is 2.58. The predicted octanol–water partition coefficient (Wildman–Crippen LogP) is 1.27. The van der Waals surface area contributed by atoms with Gasteiger partial charge >= 0.3 is 0 Å². The number of hydrogen-bond donors (Lipinski definition) is 1. The largest absolute Gasteiger partial charge is 0.314 e. The lowest BCUT2D eigenvalue weighted by molar-refractivity contribution is 0.301. The van der Waals surface area contributed by atoms with Crippen LogP contribution in [0.4, 0.5) is 0 Å². The summed E-state index contributed by atoms with van der Waals surface area (Å²) in [6.45, 7) is 8.01. The molecule has 2 aliphatic rings. The van der Waals surface area contributed by atoms with Crippen LogP contribution >= 0.6 is 0 Å². The maximum atomic E-state index is 4.34. The van der Waals surface area contributed by atoms with Crippen molar-refractivity contribution in [3.05, 3.63) is 18.0 Å². The van der Waals surface area contributed by atoms with E-state index in [1.54, 1.807) is 0 Å². The molecule has 1 aromatic heterocycles. The molecule has 0 aromatic carbocycles. The van der Waals surface area contributed by atoms with Crippen LogP contribution in [0, 0.1) is 12.8 Å². The molecular formula is C14H24N4. The topological polar surface area (TPSA) is 33.1 Å². The Bertz CT molecular complexity index is 383. The highest BCUT2D eigenvalue weighted by atomic mass is 15.3. The van der Waals surface area contributed by atoms with Gasteiger partial charge in [-0.05, 0) is 50.8 Å². The molecule has 1 aromatic rings. The Labute approximate surface area is 109 Å². The number of rotatable bonds is 6. The van der Waals surface area contributed by atoms with Crippen LogP contribution in [0.15, 0.2) is 12.4 Å². The second kappa shape index (κ2) is 5.41. The van der Waals surface area contributed by atoms with Crippen molar-refractivity contribution in [2.24, 2.45) is 5.92 Å². The van der Waals surface area contributed by atoms with Crippen LogP contribution in [0.5, 0.6) is 0 Å². The van der Waals surface area contributed by atoms with E-state index < -0.39 is 0 Å². The Morgan fingerprint density at radius 3 is 2.94 bits per heavy atom. The second-order valence-corrected chi connectivity index (χ2v) is 5.92. The van der Waals surface area contributed by atoms with Crippen molar-refractivity contribution in [2.45, 2.75) is 38.8 Å². The molecule has 2 fully saturated rings. The van der Waals surface area contributed by atoms with Crippen LogP contribution in [0.2, 0.25) is 0 Å². The predicted molar refractivity (Wildman–Crippen MR) is 72.5 cm³/mol. The summed E-state index contributed by atoms with van der Waals surface area (Å²) in [5, 5.41) is 7.99. The second-order valence-electron chi connectivity index (χ2n) is 5.92. The first kappa shape index (κ1) is 12.2. The molecule has 0 radical (unpaired) electrons. The van der Waals surface area contributed by atoms with Crippen LogP contribution in [-0.4, -0.2) is 46.9 Å². The van der Waals surface area contributed by atoms with Crippen LogP contribution in [0.3, 0.4) is 0 Å². The smallest absolute Gasteiger partial charge is 0.0536 e. The Morgan fingerprint density at radius 1 is 1.33 bits per heavy atom. The minimum atomic E-state index is 0.853. The van der Waals surface area contributed by atoms with Crippen molar-refractivity contribution in [3.63, 3.8) is 0 Å². The van der Waals surface area contributed by atoms with Gasteiger partial charge in [0.05, 0.1) is 12.7 Å². The quantitative estimate of drug-likeness (QED) is 0.823. The molecule has 4 heteroatoms. The summed E-state index contributed by atoms with van der Waals surface area (Å²) in [6.07, 6.45) is 8.22. The summed E-state index contributed by atoms with van der Waals surface area (Å²) in [6, 6.07) is 0.853. The van der Waals surface area contributed by atoms with Crippen molar-refractivity contribution >= 4 is 0 Å². The number of aromatic nitrogens is 2. The molecule has 0 amide bonds. The molecule has 1 N–H and O–H groups in total. The van der Waals surface area contributed by atoms with E-state index in [1.165, 1.54) is 44.5 Å². The van der Waals surface area contributed by atoms with Gasteiger partial charge < -0.3 is 10.2 Å². The van der Waals surface area contributed by atoms with E-state index in [2.05, 4.69) is 33.1 Å². The van der Waals surface area contributed by atoms with Gasteiger partial charge in [-0.3, -0.25) is 4.68 Å². The zero-order valence-corrected chi connectivity index (χ0v) is 11.3. The fourth-order valence-corrected chi connectivity index (χ4v) is 2.74. The summed E-state index contributed by atoms with van der Waals surface area (Å²) < 4.78 is 2.06. The molecule has 2 heterocycles. The molecule has 18 heavy (non-hydrogen) atoms. The van der Waals surface area contributed by atoms with Gasteiger partial charge in [-0.2, -0.15) is 5.10 Å². The van der Waals surface area contributed by atoms with Crippen LogP contribution in [0.25, 0.3) is 0 Å². The molecule has 1 atom stereocenters. The molecule has 1 aliphatic carbocycles. The number of hydrogen-bond acceptors (Lipinski definition) is 3. The van der Waals surface area contributed by atoms with E-state index in [1.807, 2.05) is 6.20 Å². The number of nitrogens with one attached hydrogen (secondary N) is 1. The lowest BCUT2D eigenvalue weighted by atomic mass is 10.1. The molecule has 1 aliphatic heterocycles. The highest BCUT2D eigenvalue weighted by Gasteiger charge is 2.25. The van der Waals surface area contributed by atoms with Crippen molar-refractivity contribution in [3.8, 4) is 0 Å². The third kappa shape index (κ3) is 3.33. The highest BCUT2D eigenvalue weighted by molar-refractivity contribution is 4.99. The van der Waals surface area contributed by atoms with E-state index in [9.17, 15) is 0 Å². The molecule has 0 spiro atoms. The third-order valence-electron chi connectivity index (χ3n) is 4.05. The average Bonchev–Trinajstić information content (AvgIpc) is 2.93. The third-order valence-corrected chi connectivity index (χ3v) is 4.05. The molecule has 1 saturated heterocycles. The van der Waals surface area contributed by atoms with Gasteiger partial charge in [-0.15, -0.1) is 0 Å². The number of aryl methyl sites for hydroxylation is 1. The van der Waals surface area contributed by atoms with Gasteiger partial charge in [0.1, 0.15) is 0 Å². The summed E-state index contributed by atoms with van der Waals surface area (Å²) in [7, 11) is 0. The van der Waals surface area contributed by atoms with Gasteiger partial charge in [0, 0.05) is 25.3 Å². The fraction of sp³-hybridized carbons (Fsp3) is 0.786. The number of likely N-dealkylation sites (tertiary alicyclic amines) is 1. The van der Waals surface area contributed by atoms with E-state index in [0.717, 1.165) is 25.0 Å². The van der Waals surface area contributed by atoms with Gasteiger partial charge in [-0.1, -0.05) is 0 Å². The molecule has 4 nitrogen and oxygen atoms in total. The van der Waals surface area contributed by atoms with Crippen LogP contribution in [-0.2, 0) is 6.54 Å². The van der Waals surface area contributed by atoms with Crippen molar-refractivity contribution in [2.75, 3.05) is 26.2 Å². The van der Waals surface area contributed by atoms with Crippen molar-refractivity contribution in [1.82, 2.24) is 20.0 Å². The van der Waals surface area contributed by atoms with Gasteiger partial charge in [0.25, 0.3) is 0 Å². The highest BCUT2D eigenvalue weighted by Crippen LogP contribution is 2.21. The van der Waals surface area contributed by atoms with Gasteiger partial charge in [-0.25, -0.2) is 0 Å². The number of nitrogens with zero attached hydrogens (tertiary/aromatic N) is 3. The maximum absolute atomic E-state index is 4.34. The molecule has 1 saturated carbocycles. The Balaban J connectivity index is 1.36. The van der Waals surface area contributed by atoms with E-state index >= 15 is 0 Å². The normalized spacial score (nSPS) is 24.8. The standard InChI is InChI=1S/C14H24N4/c1-12-8-16-18(10-12)7-6-17-5-4-13(11-17)9-15-14-2-3-14/h8,10,13-15H,2-7,9,11H2,1H3. The average molecular weight is 248 g/mol.